The first-order valence-corrected chi connectivity index (χ1v) is 8.93. The van der Waals surface area contributed by atoms with Gasteiger partial charge in [0.1, 0.15) is 11.5 Å². The van der Waals surface area contributed by atoms with Crippen molar-refractivity contribution in [3.8, 4) is 0 Å². The third-order valence-electron chi connectivity index (χ3n) is 4.21. The predicted octanol–water partition coefficient (Wildman–Crippen LogP) is 4.64. The Bertz CT molecular complexity index is 882. The molecule has 2 N–H and O–H groups in total. The van der Waals surface area contributed by atoms with Gasteiger partial charge in [0, 0.05) is 12.2 Å². The van der Waals surface area contributed by atoms with Gasteiger partial charge in [0.25, 0.3) is 5.91 Å². The van der Waals surface area contributed by atoms with E-state index in [1.807, 2.05) is 54.6 Å². The molecule has 0 aliphatic heterocycles. The highest BCUT2D eigenvalue weighted by atomic mass is 16.1. The van der Waals surface area contributed by atoms with E-state index in [4.69, 9.17) is 0 Å². The lowest BCUT2D eigenvalue weighted by molar-refractivity contribution is 0.102. The highest BCUT2D eigenvalue weighted by Gasteiger charge is 2.14. The molecule has 1 amide bonds. The number of nitrogens with zero attached hydrogens (tertiary/aromatic N) is 2. The van der Waals surface area contributed by atoms with Crippen LogP contribution in [-0.4, -0.2) is 15.9 Å². The van der Waals surface area contributed by atoms with E-state index in [-0.39, 0.29) is 17.0 Å². The molecule has 0 bridgehead atoms. The molecule has 27 heavy (non-hydrogen) atoms. The van der Waals surface area contributed by atoms with E-state index in [0.717, 1.165) is 11.3 Å². The van der Waals surface area contributed by atoms with Gasteiger partial charge in [0.05, 0.1) is 12.4 Å². The fourth-order valence-corrected chi connectivity index (χ4v) is 2.57. The maximum absolute atomic E-state index is 12.4. The average Bonchev–Trinajstić information content (AvgIpc) is 2.67. The lowest BCUT2D eigenvalue weighted by Crippen LogP contribution is -2.15. The Balaban J connectivity index is 1.58. The standard InChI is InChI=1S/C22H24N4O/c1-22(2,3)17-9-11-18(12-10-17)26-21(27)19-14-25-20(15-23-19)24-13-16-7-5-4-6-8-16/h4-12,14-15H,13H2,1-3H3,(H,24,25)(H,26,27). The summed E-state index contributed by atoms with van der Waals surface area (Å²) in [4.78, 5) is 20.8. The second-order valence-corrected chi connectivity index (χ2v) is 7.41. The molecule has 0 saturated heterocycles. The summed E-state index contributed by atoms with van der Waals surface area (Å²) >= 11 is 0. The van der Waals surface area contributed by atoms with Gasteiger partial charge in [-0.2, -0.15) is 0 Å². The second kappa shape index (κ2) is 7.99. The van der Waals surface area contributed by atoms with Gasteiger partial charge in [0.2, 0.25) is 0 Å². The van der Waals surface area contributed by atoms with Crippen LogP contribution in [0.25, 0.3) is 0 Å². The fourth-order valence-electron chi connectivity index (χ4n) is 2.57. The van der Waals surface area contributed by atoms with E-state index in [2.05, 4.69) is 41.4 Å². The molecule has 0 aliphatic carbocycles. The first kappa shape index (κ1) is 18.6. The zero-order valence-electron chi connectivity index (χ0n) is 15.9. The summed E-state index contributed by atoms with van der Waals surface area (Å²) < 4.78 is 0. The molecular formula is C22H24N4O. The lowest BCUT2D eigenvalue weighted by atomic mass is 9.87. The molecule has 0 radical (unpaired) electrons. The molecule has 138 valence electrons. The maximum Gasteiger partial charge on any atom is 0.275 e. The minimum atomic E-state index is -0.277. The highest BCUT2D eigenvalue weighted by Crippen LogP contribution is 2.23. The van der Waals surface area contributed by atoms with Crippen molar-refractivity contribution in [1.82, 2.24) is 9.97 Å². The zero-order chi connectivity index (χ0) is 19.3. The Morgan fingerprint density at radius 3 is 2.22 bits per heavy atom. The molecule has 0 atom stereocenters. The summed E-state index contributed by atoms with van der Waals surface area (Å²) in [6.07, 6.45) is 3.05. The van der Waals surface area contributed by atoms with Gasteiger partial charge in [-0.25, -0.2) is 9.97 Å². The van der Waals surface area contributed by atoms with E-state index >= 15 is 0 Å². The number of benzene rings is 2. The third-order valence-corrected chi connectivity index (χ3v) is 4.21. The summed E-state index contributed by atoms with van der Waals surface area (Å²) in [6.45, 7) is 7.12. The van der Waals surface area contributed by atoms with Gasteiger partial charge in [-0.15, -0.1) is 0 Å². The van der Waals surface area contributed by atoms with Crippen LogP contribution in [0, 0.1) is 0 Å². The van der Waals surface area contributed by atoms with Crippen molar-refractivity contribution in [3.05, 3.63) is 83.8 Å². The second-order valence-electron chi connectivity index (χ2n) is 7.41. The number of hydrogen-bond acceptors (Lipinski definition) is 4. The number of carbonyl (C=O) groups excluding carboxylic acids is 1. The normalized spacial score (nSPS) is 11.1. The van der Waals surface area contributed by atoms with E-state index in [1.54, 1.807) is 6.20 Å². The molecular weight excluding hydrogens is 336 g/mol. The number of amides is 1. The predicted molar refractivity (Wildman–Crippen MR) is 109 cm³/mol. The topological polar surface area (TPSA) is 66.9 Å². The van der Waals surface area contributed by atoms with Crippen molar-refractivity contribution in [3.63, 3.8) is 0 Å². The van der Waals surface area contributed by atoms with Crippen LogP contribution in [-0.2, 0) is 12.0 Å². The van der Waals surface area contributed by atoms with Crippen LogP contribution < -0.4 is 10.6 Å². The Kier molecular flexibility index (Phi) is 5.50. The van der Waals surface area contributed by atoms with Crippen molar-refractivity contribution >= 4 is 17.4 Å². The van der Waals surface area contributed by atoms with Crippen LogP contribution in [0.15, 0.2) is 67.0 Å². The van der Waals surface area contributed by atoms with Gasteiger partial charge >= 0.3 is 0 Å². The van der Waals surface area contributed by atoms with Gasteiger partial charge in [-0.3, -0.25) is 4.79 Å². The van der Waals surface area contributed by atoms with Crippen LogP contribution in [0.2, 0.25) is 0 Å². The van der Waals surface area contributed by atoms with Crippen molar-refractivity contribution in [1.29, 1.82) is 0 Å². The summed E-state index contributed by atoms with van der Waals surface area (Å²) in [7, 11) is 0. The van der Waals surface area contributed by atoms with Crippen molar-refractivity contribution in [2.24, 2.45) is 0 Å². The first-order valence-electron chi connectivity index (χ1n) is 8.93. The summed E-state index contributed by atoms with van der Waals surface area (Å²) in [6, 6.07) is 17.9. The number of carbonyl (C=O) groups is 1. The minimum Gasteiger partial charge on any atom is -0.365 e. The van der Waals surface area contributed by atoms with Gasteiger partial charge in [0.15, 0.2) is 0 Å². The van der Waals surface area contributed by atoms with Crippen molar-refractivity contribution < 1.29 is 4.79 Å². The van der Waals surface area contributed by atoms with Gasteiger partial charge in [-0.05, 0) is 28.7 Å². The number of aromatic nitrogens is 2. The van der Waals surface area contributed by atoms with Crippen LogP contribution in [0.4, 0.5) is 11.5 Å². The Morgan fingerprint density at radius 2 is 1.63 bits per heavy atom. The SMILES string of the molecule is CC(C)(C)c1ccc(NC(=O)c2cnc(NCc3ccccc3)cn2)cc1. The molecule has 5 heteroatoms. The average molecular weight is 360 g/mol. The third kappa shape index (κ3) is 5.14. The zero-order valence-corrected chi connectivity index (χ0v) is 15.9. The molecule has 2 aromatic carbocycles. The number of anilines is 2. The summed E-state index contributed by atoms with van der Waals surface area (Å²) in [5.41, 5.74) is 3.46. The number of nitrogens with one attached hydrogen (secondary N) is 2. The molecule has 3 aromatic rings. The quantitative estimate of drug-likeness (QED) is 0.696. The van der Waals surface area contributed by atoms with Crippen LogP contribution in [0.3, 0.4) is 0 Å². The molecule has 1 heterocycles. The van der Waals surface area contributed by atoms with Gasteiger partial charge < -0.3 is 10.6 Å². The fraction of sp³-hybridized carbons (Fsp3) is 0.227. The number of hydrogen-bond donors (Lipinski definition) is 2. The molecule has 0 unspecified atom stereocenters. The molecule has 0 aliphatic rings. The van der Waals surface area contributed by atoms with Crippen LogP contribution >= 0.6 is 0 Å². The number of rotatable bonds is 5. The molecule has 0 saturated carbocycles. The molecule has 3 rings (SSSR count). The minimum absolute atomic E-state index is 0.0800. The van der Waals surface area contributed by atoms with Crippen LogP contribution in [0.1, 0.15) is 42.4 Å². The summed E-state index contributed by atoms with van der Waals surface area (Å²) in [5.74, 6) is 0.352. The molecule has 1 aromatic heterocycles. The molecule has 5 nitrogen and oxygen atoms in total. The van der Waals surface area contributed by atoms with Gasteiger partial charge in [-0.1, -0.05) is 63.2 Å². The van der Waals surface area contributed by atoms with E-state index in [1.165, 1.54) is 11.8 Å². The van der Waals surface area contributed by atoms with E-state index in [0.29, 0.717) is 12.4 Å². The summed E-state index contributed by atoms with van der Waals surface area (Å²) in [5, 5.41) is 6.04. The van der Waals surface area contributed by atoms with E-state index in [9.17, 15) is 4.79 Å². The Morgan fingerprint density at radius 1 is 0.926 bits per heavy atom. The van der Waals surface area contributed by atoms with Crippen LogP contribution in [0.5, 0.6) is 0 Å². The molecule has 0 fully saturated rings. The first-order chi connectivity index (χ1) is 12.9. The largest absolute Gasteiger partial charge is 0.365 e. The maximum atomic E-state index is 12.4. The lowest BCUT2D eigenvalue weighted by Gasteiger charge is -2.19. The van der Waals surface area contributed by atoms with Crippen molar-refractivity contribution in [2.45, 2.75) is 32.7 Å². The smallest absolute Gasteiger partial charge is 0.275 e. The monoisotopic (exact) mass is 360 g/mol. The van der Waals surface area contributed by atoms with Crippen molar-refractivity contribution in [2.75, 3.05) is 10.6 Å². The Hall–Kier alpha value is -3.21. The van der Waals surface area contributed by atoms with E-state index < -0.39 is 0 Å². The Labute approximate surface area is 159 Å². The highest BCUT2D eigenvalue weighted by molar-refractivity contribution is 6.02. The molecule has 0 spiro atoms.